The number of nitrogens with two attached hydrogens (primary N) is 1. The molecule has 2 aromatic rings. The Kier molecular flexibility index (Phi) is 4.52. The Bertz CT molecular complexity index is 822. The zero-order valence-electron chi connectivity index (χ0n) is 12.6. The maximum atomic E-state index is 12.3. The fourth-order valence-electron chi connectivity index (χ4n) is 2.40. The van der Waals surface area contributed by atoms with Gasteiger partial charge in [0.25, 0.3) is 5.91 Å². The number of carbonyl (C=O) groups is 3. The molecule has 0 bridgehead atoms. The van der Waals surface area contributed by atoms with Crippen molar-refractivity contribution >= 4 is 40.9 Å². The van der Waals surface area contributed by atoms with E-state index >= 15 is 0 Å². The fraction of sp³-hybridized carbons (Fsp3) is 0.118. The maximum absolute atomic E-state index is 12.3. The van der Waals surface area contributed by atoms with Crippen LogP contribution in [0.3, 0.4) is 0 Å². The maximum Gasteiger partial charge on any atom is 0.250 e. The van der Waals surface area contributed by atoms with E-state index in [1.807, 2.05) is 24.3 Å². The highest BCUT2D eigenvalue weighted by Crippen LogP contribution is 2.36. The Morgan fingerprint density at radius 2 is 1.83 bits per heavy atom. The topological polar surface area (TPSA) is 101 Å². The number of carbonyl (C=O) groups excluding carboxylic acids is 3. The second-order valence-corrected chi connectivity index (χ2v) is 6.50. The molecule has 1 aliphatic heterocycles. The summed E-state index contributed by atoms with van der Waals surface area (Å²) in [5.74, 6) is -1.18. The molecule has 0 aliphatic carbocycles. The zero-order valence-corrected chi connectivity index (χ0v) is 13.4. The van der Waals surface area contributed by atoms with Crippen LogP contribution in [-0.4, -0.2) is 23.0 Å². The normalized spacial score (nSPS) is 16.0. The van der Waals surface area contributed by atoms with Gasteiger partial charge in [-0.25, -0.2) is 0 Å². The molecule has 1 heterocycles. The van der Waals surface area contributed by atoms with Crippen molar-refractivity contribution in [3.8, 4) is 0 Å². The molecule has 4 N–H and O–H groups in total. The first-order valence-electron chi connectivity index (χ1n) is 7.30. The number of amides is 3. The molecule has 0 fully saturated rings. The molecule has 1 unspecified atom stereocenters. The van der Waals surface area contributed by atoms with Crippen LogP contribution in [0.1, 0.15) is 16.8 Å². The van der Waals surface area contributed by atoms with E-state index in [0.717, 1.165) is 10.6 Å². The van der Waals surface area contributed by atoms with E-state index in [0.29, 0.717) is 5.69 Å². The summed E-state index contributed by atoms with van der Waals surface area (Å²) < 4.78 is 0. The summed E-state index contributed by atoms with van der Waals surface area (Å²) >= 11 is 1.35. The van der Waals surface area contributed by atoms with Crippen molar-refractivity contribution in [2.45, 2.75) is 16.6 Å². The Morgan fingerprint density at radius 3 is 2.62 bits per heavy atom. The number of nitrogens with one attached hydrogen (secondary N) is 2. The van der Waals surface area contributed by atoms with Crippen LogP contribution >= 0.6 is 11.8 Å². The number of para-hydroxylation sites is 2. The summed E-state index contributed by atoms with van der Waals surface area (Å²) in [5, 5.41) is 4.92. The van der Waals surface area contributed by atoms with Crippen LogP contribution in [0.2, 0.25) is 0 Å². The monoisotopic (exact) mass is 341 g/mol. The third kappa shape index (κ3) is 3.41. The lowest BCUT2D eigenvalue weighted by Gasteiger charge is -2.23. The molecule has 7 heteroatoms. The summed E-state index contributed by atoms with van der Waals surface area (Å²) in [7, 11) is 0. The zero-order chi connectivity index (χ0) is 17.1. The molecule has 0 aromatic heterocycles. The van der Waals surface area contributed by atoms with Crippen LogP contribution in [-0.2, 0) is 9.59 Å². The molecule has 122 valence electrons. The molecule has 1 atom stereocenters. The number of rotatable bonds is 4. The van der Waals surface area contributed by atoms with Crippen LogP contribution in [0.15, 0.2) is 53.4 Å². The Hall–Kier alpha value is -2.80. The summed E-state index contributed by atoms with van der Waals surface area (Å²) in [5.41, 5.74) is 6.62. The average Bonchev–Trinajstić information content (AvgIpc) is 2.55. The number of benzene rings is 2. The predicted molar refractivity (Wildman–Crippen MR) is 92.9 cm³/mol. The molecule has 0 radical (unpaired) electrons. The Morgan fingerprint density at radius 1 is 1.12 bits per heavy atom. The van der Waals surface area contributed by atoms with Crippen LogP contribution < -0.4 is 16.4 Å². The van der Waals surface area contributed by atoms with Gasteiger partial charge in [-0.3, -0.25) is 14.4 Å². The third-order valence-corrected chi connectivity index (χ3v) is 4.82. The van der Waals surface area contributed by atoms with Gasteiger partial charge in [0.2, 0.25) is 11.8 Å². The van der Waals surface area contributed by atoms with Gasteiger partial charge in [-0.05, 0) is 24.3 Å². The lowest BCUT2D eigenvalue weighted by atomic mass is 10.1. The summed E-state index contributed by atoms with van der Waals surface area (Å²) in [6.07, 6.45) is -0.00205. The highest BCUT2D eigenvalue weighted by atomic mass is 32.2. The van der Waals surface area contributed by atoms with Gasteiger partial charge in [0.05, 0.1) is 22.2 Å². The van der Waals surface area contributed by atoms with Crippen molar-refractivity contribution in [2.75, 3.05) is 10.6 Å². The van der Waals surface area contributed by atoms with Gasteiger partial charge in [0, 0.05) is 11.3 Å². The van der Waals surface area contributed by atoms with Gasteiger partial charge in [-0.15, -0.1) is 11.8 Å². The summed E-state index contributed by atoms with van der Waals surface area (Å²) in [6, 6.07) is 13.9. The van der Waals surface area contributed by atoms with Gasteiger partial charge >= 0.3 is 0 Å². The molecular weight excluding hydrogens is 326 g/mol. The average molecular weight is 341 g/mol. The quantitative estimate of drug-likeness (QED) is 0.793. The lowest BCUT2D eigenvalue weighted by Crippen LogP contribution is -2.32. The highest BCUT2D eigenvalue weighted by Gasteiger charge is 2.29. The Balaban J connectivity index is 1.70. The smallest absolute Gasteiger partial charge is 0.250 e. The van der Waals surface area contributed by atoms with Crippen LogP contribution in [0, 0.1) is 0 Å². The highest BCUT2D eigenvalue weighted by molar-refractivity contribution is 8.01. The number of fused-ring (bicyclic) bond motifs is 1. The van der Waals surface area contributed by atoms with E-state index in [4.69, 9.17) is 5.73 Å². The second kappa shape index (κ2) is 6.76. The van der Waals surface area contributed by atoms with E-state index in [-0.39, 0.29) is 23.8 Å². The molecule has 0 spiro atoms. The molecule has 1 aliphatic rings. The van der Waals surface area contributed by atoms with Crippen molar-refractivity contribution in [3.05, 3.63) is 54.1 Å². The standard InChI is InChI=1S/C17H15N3O3S/c18-16(22)10-5-1-2-6-11(10)19-15(21)9-14-17(23)20-12-7-3-4-8-13(12)24-14/h1-8,14H,9H2,(H2,18,22)(H,19,21)(H,20,23). The number of hydrogen-bond donors (Lipinski definition) is 3. The van der Waals surface area contributed by atoms with Crippen molar-refractivity contribution in [1.29, 1.82) is 0 Å². The van der Waals surface area contributed by atoms with E-state index in [2.05, 4.69) is 10.6 Å². The minimum atomic E-state index is -0.621. The molecule has 3 rings (SSSR count). The first kappa shape index (κ1) is 16.1. The van der Waals surface area contributed by atoms with Crippen molar-refractivity contribution in [3.63, 3.8) is 0 Å². The number of hydrogen-bond acceptors (Lipinski definition) is 4. The minimum absolute atomic E-state index is 0.00205. The summed E-state index contributed by atoms with van der Waals surface area (Å²) in [4.78, 5) is 36.7. The fourth-order valence-corrected chi connectivity index (χ4v) is 3.51. The number of primary amides is 1. The Labute approximate surface area is 142 Å². The van der Waals surface area contributed by atoms with Crippen LogP contribution in [0.4, 0.5) is 11.4 Å². The molecule has 6 nitrogen and oxygen atoms in total. The first-order valence-corrected chi connectivity index (χ1v) is 8.18. The van der Waals surface area contributed by atoms with Gasteiger partial charge in [0.15, 0.2) is 0 Å². The van der Waals surface area contributed by atoms with Crippen molar-refractivity contribution < 1.29 is 14.4 Å². The second-order valence-electron chi connectivity index (χ2n) is 5.25. The van der Waals surface area contributed by atoms with E-state index < -0.39 is 11.2 Å². The first-order chi connectivity index (χ1) is 11.5. The van der Waals surface area contributed by atoms with E-state index in [9.17, 15) is 14.4 Å². The van der Waals surface area contributed by atoms with Crippen LogP contribution in [0.5, 0.6) is 0 Å². The molecule has 2 aromatic carbocycles. The molecular formula is C17H15N3O3S. The lowest BCUT2D eigenvalue weighted by molar-refractivity contribution is -0.120. The van der Waals surface area contributed by atoms with Crippen molar-refractivity contribution in [1.82, 2.24) is 0 Å². The number of thioether (sulfide) groups is 1. The largest absolute Gasteiger partial charge is 0.366 e. The summed E-state index contributed by atoms with van der Waals surface area (Å²) in [6.45, 7) is 0. The SMILES string of the molecule is NC(=O)c1ccccc1NC(=O)CC1Sc2ccccc2NC1=O. The minimum Gasteiger partial charge on any atom is -0.366 e. The molecule has 0 saturated heterocycles. The van der Waals surface area contributed by atoms with Gasteiger partial charge in [-0.2, -0.15) is 0 Å². The van der Waals surface area contributed by atoms with Gasteiger partial charge < -0.3 is 16.4 Å². The van der Waals surface area contributed by atoms with Gasteiger partial charge in [-0.1, -0.05) is 24.3 Å². The van der Waals surface area contributed by atoms with E-state index in [1.54, 1.807) is 18.2 Å². The molecule has 3 amide bonds. The molecule has 0 saturated carbocycles. The van der Waals surface area contributed by atoms with Crippen molar-refractivity contribution in [2.24, 2.45) is 5.73 Å². The number of anilines is 2. The molecule has 24 heavy (non-hydrogen) atoms. The predicted octanol–water partition coefficient (Wildman–Crippen LogP) is 2.23. The van der Waals surface area contributed by atoms with E-state index in [1.165, 1.54) is 17.8 Å². The van der Waals surface area contributed by atoms with Crippen LogP contribution in [0.25, 0.3) is 0 Å². The third-order valence-electron chi connectivity index (χ3n) is 3.54. The van der Waals surface area contributed by atoms with Gasteiger partial charge in [0.1, 0.15) is 0 Å².